The lowest BCUT2D eigenvalue weighted by Gasteiger charge is -2.24. The summed E-state index contributed by atoms with van der Waals surface area (Å²) < 4.78 is 0. The fourth-order valence-electron chi connectivity index (χ4n) is 4.66. The van der Waals surface area contributed by atoms with Crippen LogP contribution in [0.15, 0.2) is 12.2 Å². The quantitative estimate of drug-likeness (QED) is 0.110. The minimum absolute atomic E-state index is 0.0214. The third kappa shape index (κ3) is 13.1. The molecule has 0 aromatic carbocycles. The Morgan fingerprint density at radius 3 is 1.81 bits per heavy atom. The topological polar surface area (TPSA) is 37.4 Å². The van der Waals surface area contributed by atoms with Crippen LogP contribution in [0.1, 0.15) is 143 Å². The highest BCUT2D eigenvalue weighted by Gasteiger charge is 2.33. The SMILES string of the molecule is CCCCCCCCC=CC(CCCCC(C)CCCCCCC)N1C(=O)CCC1=O. The normalized spacial score (nSPS) is 16.5. The summed E-state index contributed by atoms with van der Waals surface area (Å²) in [5.41, 5.74) is 0. The molecule has 1 saturated heterocycles. The van der Waals surface area contributed by atoms with Gasteiger partial charge in [-0.25, -0.2) is 0 Å². The fraction of sp³-hybridized carbons (Fsp3) is 0.857. The monoisotopic (exact) mass is 433 g/mol. The molecule has 2 amide bonds. The average molecular weight is 434 g/mol. The molecule has 0 bridgehead atoms. The Labute approximate surface area is 193 Å². The highest BCUT2D eigenvalue weighted by atomic mass is 16.2. The summed E-state index contributed by atoms with van der Waals surface area (Å²) in [4.78, 5) is 26.1. The van der Waals surface area contributed by atoms with E-state index >= 15 is 0 Å². The number of hydrogen-bond acceptors (Lipinski definition) is 2. The lowest BCUT2D eigenvalue weighted by Crippen LogP contribution is -2.38. The zero-order valence-corrected chi connectivity index (χ0v) is 21.0. The predicted molar refractivity (Wildman–Crippen MR) is 133 cm³/mol. The second kappa shape index (κ2) is 18.5. The fourth-order valence-corrected chi connectivity index (χ4v) is 4.66. The first-order valence-electron chi connectivity index (χ1n) is 13.6. The molecule has 0 spiro atoms. The second-order valence-corrected chi connectivity index (χ2v) is 9.80. The Morgan fingerprint density at radius 1 is 0.710 bits per heavy atom. The van der Waals surface area contributed by atoms with Crippen molar-refractivity contribution in [2.75, 3.05) is 0 Å². The van der Waals surface area contributed by atoms with E-state index in [9.17, 15) is 9.59 Å². The first-order chi connectivity index (χ1) is 15.1. The second-order valence-electron chi connectivity index (χ2n) is 9.80. The van der Waals surface area contributed by atoms with Crippen molar-refractivity contribution in [2.45, 2.75) is 149 Å². The van der Waals surface area contributed by atoms with Crippen LogP contribution in [0.5, 0.6) is 0 Å². The molecule has 0 radical (unpaired) electrons. The number of hydrogen-bond donors (Lipinski definition) is 0. The lowest BCUT2D eigenvalue weighted by molar-refractivity contribution is -0.140. The molecule has 0 aromatic heterocycles. The number of carbonyl (C=O) groups excluding carboxylic acids is 2. The molecule has 0 saturated carbocycles. The Morgan fingerprint density at radius 2 is 1.19 bits per heavy atom. The van der Waals surface area contributed by atoms with Gasteiger partial charge in [-0.2, -0.15) is 0 Å². The molecule has 1 heterocycles. The van der Waals surface area contributed by atoms with E-state index in [1.807, 2.05) is 0 Å². The van der Waals surface area contributed by atoms with Gasteiger partial charge in [-0.15, -0.1) is 0 Å². The van der Waals surface area contributed by atoms with E-state index in [-0.39, 0.29) is 17.9 Å². The first kappa shape index (κ1) is 27.9. The van der Waals surface area contributed by atoms with Crippen molar-refractivity contribution < 1.29 is 9.59 Å². The molecule has 1 aliphatic rings. The molecule has 3 nitrogen and oxygen atoms in total. The highest BCUT2D eigenvalue weighted by Crippen LogP contribution is 2.23. The third-order valence-electron chi connectivity index (χ3n) is 6.75. The Balaban J connectivity index is 2.32. The predicted octanol–water partition coefficient (Wildman–Crippen LogP) is 8.37. The van der Waals surface area contributed by atoms with Gasteiger partial charge in [0.2, 0.25) is 11.8 Å². The van der Waals surface area contributed by atoms with Crippen LogP contribution in [0.25, 0.3) is 0 Å². The van der Waals surface area contributed by atoms with E-state index in [0.717, 1.165) is 25.2 Å². The van der Waals surface area contributed by atoms with E-state index in [0.29, 0.717) is 12.8 Å². The first-order valence-corrected chi connectivity index (χ1v) is 13.6. The van der Waals surface area contributed by atoms with Crippen LogP contribution in [-0.4, -0.2) is 22.8 Å². The van der Waals surface area contributed by atoms with Crippen LogP contribution in [-0.2, 0) is 9.59 Å². The van der Waals surface area contributed by atoms with E-state index in [1.165, 1.54) is 89.9 Å². The summed E-state index contributed by atoms with van der Waals surface area (Å²) >= 11 is 0. The van der Waals surface area contributed by atoms with Crippen molar-refractivity contribution >= 4 is 11.8 Å². The van der Waals surface area contributed by atoms with E-state index in [4.69, 9.17) is 0 Å². The molecule has 0 aliphatic carbocycles. The molecule has 180 valence electrons. The van der Waals surface area contributed by atoms with Gasteiger partial charge in [0.15, 0.2) is 0 Å². The zero-order valence-electron chi connectivity index (χ0n) is 21.0. The van der Waals surface area contributed by atoms with Crippen LogP contribution in [0.3, 0.4) is 0 Å². The summed E-state index contributed by atoms with van der Waals surface area (Å²) in [7, 11) is 0. The number of amides is 2. The number of imide groups is 1. The molecule has 1 aliphatic heterocycles. The number of rotatable bonds is 20. The summed E-state index contributed by atoms with van der Waals surface area (Å²) in [6.45, 7) is 6.90. The number of carbonyl (C=O) groups is 2. The lowest BCUT2D eigenvalue weighted by atomic mass is 9.95. The van der Waals surface area contributed by atoms with Gasteiger partial charge in [0.25, 0.3) is 0 Å². The molecule has 3 heteroatoms. The molecule has 0 N–H and O–H groups in total. The number of unbranched alkanes of at least 4 members (excludes halogenated alkanes) is 11. The van der Waals surface area contributed by atoms with Gasteiger partial charge in [0.05, 0.1) is 6.04 Å². The van der Waals surface area contributed by atoms with Crippen molar-refractivity contribution in [2.24, 2.45) is 5.92 Å². The van der Waals surface area contributed by atoms with Crippen molar-refractivity contribution in [3.8, 4) is 0 Å². The Kier molecular flexibility index (Phi) is 16.6. The van der Waals surface area contributed by atoms with Gasteiger partial charge in [-0.1, -0.05) is 123 Å². The van der Waals surface area contributed by atoms with Crippen molar-refractivity contribution in [1.29, 1.82) is 0 Å². The van der Waals surface area contributed by atoms with Gasteiger partial charge < -0.3 is 0 Å². The third-order valence-corrected chi connectivity index (χ3v) is 6.75. The van der Waals surface area contributed by atoms with E-state index in [1.54, 1.807) is 4.90 Å². The standard InChI is InChI=1S/C28H51NO2/c1-4-6-8-10-11-12-14-16-21-26(29-27(30)23-24-28(29)31)22-18-17-20-25(3)19-15-13-9-7-5-2/h16,21,25-26H,4-15,17-20,22-24H2,1-3H3. The Hall–Kier alpha value is -1.12. The molecule has 2 unspecified atom stereocenters. The molecule has 0 aromatic rings. The minimum Gasteiger partial charge on any atom is -0.276 e. The zero-order chi connectivity index (χ0) is 22.7. The average Bonchev–Trinajstić information content (AvgIpc) is 3.09. The highest BCUT2D eigenvalue weighted by molar-refractivity contribution is 6.02. The van der Waals surface area contributed by atoms with Gasteiger partial charge in [0.1, 0.15) is 0 Å². The summed E-state index contributed by atoms with van der Waals surface area (Å²) in [5.74, 6) is 0.845. The molecular weight excluding hydrogens is 382 g/mol. The van der Waals surface area contributed by atoms with Crippen LogP contribution < -0.4 is 0 Å². The summed E-state index contributed by atoms with van der Waals surface area (Å²) in [6, 6.07) is -0.0214. The van der Waals surface area contributed by atoms with Gasteiger partial charge in [-0.3, -0.25) is 14.5 Å². The minimum atomic E-state index is -0.0214. The van der Waals surface area contributed by atoms with Crippen LogP contribution in [0, 0.1) is 5.92 Å². The van der Waals surface area contributed by atoms with Crippen LogP contribution >= 0.6 is 0 Å². The number of nitrogens with zero attached hydrogens (tertiary/aromatic N) is 1. The van der Waals surface area contributed by atoms with Crippen LogP contribution in [0.2, 0.25) is 0 Å². The smallest absolute Gasteiger partial charge is 0.230 e. The van der Waals surface area contributed by atoms with Crippen molar-refractivity contribution in [1.82, 2.24) is 4.90 Å². The molecule has 1 fully saturated rings. The van der Waals surface area contributed by atoms with Crippen molar-refractivity contribution in [3.05, 3.63) is 12.2 Å². The number of likely N-dealkylation sites (tertiary alicyclic amines) is 1. The number of allylic oxidation sites excluding steroid dienone is 1. The molecule has 1 rings (SSSR count). The van der Waals surface area contributed by atoms with Crippen molar-refractivity contribution in [3.63, 3.8) is 0 Å². The van der Waals surface area contributed by atoms with Gasteiger partial charge >= 0.3 is 0 Å². The summed E-state index contributed by atoms with van der Waals surface area (Å²) in [6.07, 6.45) is 26.7. The van der Waals surface area contributed by atoms with Gasteiger partial charge in [0, 0.05) is 12.8 Å². The maximum absolute atomic E-state index is 12.3. The largest absolute Gasteiger partial charge is 0.276 e. The molecule has 31 heavy (non-hydrogen) atoms. The molecule has 2 atom stereocenters. The van der Waals surface area contributed by atoms with E-state index in [2.05, 4.69) is 32.9 Å². The maximum atomic E-state index is 12.3. The maximum Gasteiger partial charge on any atom is 0.230 e. The van der Waals surface area contributed by atoms with Gasteiger partial charge in [-0.05, 0) is 25.2 Å². The Bertz CT molecular complexity index is 483. The van der Waals surface area contributed by atoms with E-state index < -0.39 is 0 Å². The summed E-state index contributed by atoms with van der Waals surface area (Å²) in [5, 5.41) is 0. The molecular formula is C28H51NO2. The van der Waals surface area contributed by atoms with Crippen LogP contribution in [0.4, 0.5) is 0 Å².